The molecule has 2 heterocycles. The van der Waals surface area contributed by atoms with Crippen molar-refractivity contribution in [2.24, 2.45) is 7.05 Å². The normalized spacial score (nSPS) is 16.8. The van der Waals surface area contributed by atoms with Gasteiger partial charge in [-0.15, -0.1) is 0 Å². The van der Waals surface area contributed by atoms with E-state index in [-0.39, 0.29) is 11.9 Å². The topological polar surface area (TPSA) is 75.5 Å². The molecule has 1 atom stereocenters. The van der Waals surface area contributed by atoms with Gasteiger partial charge in [-0.1, -0.05) is 13.3 Å². The SMILES string of the molecule is CCC(C)N(C)C(=O)CCc1nc2cc(S(=O)(=O)N3CCCCC3)ccc2n1C. The highest BCUT2D eigenvalue weighted by atomic mass is 32.2. The number of piperidine rings is 1. The number of aryl methyl sites for hydroxylation is 2. The van der Waals surface area contributed by atoms with E-state index in [2.05, 4.69) is 11.9 Å². The van der Waals surface area contributed by atoms with E-state index < -0.39 is 10.0 Å². The molecule has 1 aliphatic heterocycles. The van der Waals surface area contributed by atoms with Gasteiger partial charge in [0.2, 0.25) is 15.9 Å². The maximum Gasteiger partial charge on any atom is 0.243 e. The molecule has 0 N–H and O–H groups in total. The van der Waals surface area contributed by atoms with E-state index in [4.69, 9.17) is 0 Å². The summed E-state index contributed by atoms with van der Waals surface area (Å²) in [6, 6.07) is 5.36. The molecule has 7 nitrogen and oxygen atoms in total. The van der Waals surface area contributed by atoms with E-state index in [1.54, 1.807) is 21.3 Å². The summed E-state index contributed by atoms with van der Waals surface area (Å²) in [5.74, 6) is 0.887. The lowest BCUT2D eigenvalue weighted by Crippen LogP contribution is -2.35. The van der Waals surface area contributed by atoms with Crippen LogP contribution in [-0.2, 0) is 28.3 Å². The van der Waals surface area contributed by atoms with Crippen molar-refractivity contribution in [1.29, 1.82) is 0 Å². The van der Waals surface area contributed by atoms with Gasteiger partial charge in [0.15, 0.2) is 0 Å². The van der Waals surface area contributed by atoms with Crippen LogP contribution in [0.3, 0.4) is 0 Å². The zero-order valence-electron chi connectivity index (χ0n) is 17.9. The van der Waals surface area contributed by atoms with Gasteiger partial charge < -0.3 is 9.47 Å². The minimum absolute atomic E-state index is 0.0970. The minimum Gasteiger partial charge on any atom is -0.343 e. The second-order valence-electron chi connectivity index (χ2n) is 7.96. The molecule has 0 spiro atoms. The van der Waals surface area contributed by atoms with Gasteiger partial charge in [0.05, 0.1) is 15.9 Å². The smallest absolute Gasteiger partial charge is 0.243 e. The predicted molar refractivity (Wildman–Crippen MR) is 114 cm³/mol. The van der Waals surface area contributed by atoms with Crippen LogP contribution < -0.4 is 0 Å². The van der Waals surface area contributed by atoms with Gasteiger partial charge in [-0.2, -0.15) is 4.31 Å². The number of hydrogen-bond acceptors (Lipinski definition) is 4. The molecule has 1 unspecified atom stereocenters. The number of imidazole rings is 1. The number of hydrogen-bond donors (Lipinski definition) is 0. The van der Waals surface area contributed by atoms with Crippen LogP contribution in [0.1, 0.15) is 51.8 Å². The maximum absolute atomic E-state index is 12.9. The van der Waals surface area contributed by atoms with Crippen molar-refractivity contribution in [2.45, 2.75) is 63.3 Å². The number of carbonyl (C=O) groups excluding carboxylic acids is 1. The Hall–Kier alpha value is -1.93. The Kier molecular flexibility index (Phi) is 6.63. The van der Waals surface area contributed by atoms with Gasteiger partial charge in [-0.25, -0.2) is 13.4 Å². The summed E-state index contributed by atoms with van der Waals surface area (Å²) in [7, 11) is 0.262. The lowest BCUT2D eigenvalue weighted by atomic mass is 10.2. The van der Waals surface area contributed by atoms with Crippen LogP contribution >= 0.6 is 0 Å². The molecule has 3 rings (SSSR count). The first-order chi connectivity index (χ1) is 13.8. The van der Waals surface area contributed by atoms with E-state index in [9.17, 15) is 13.2 Å². The number of benzene rings is 1. The predicted octanol–water partition coefficient (Wildman–Crippen LogP) is 2.94. The van der Waals surface area contributed by atoms with Gasteiger partial charge in [-0.05, 0) is 44.4 Å². The molecular formula is C21H32N4O3S. The fourth-order valence-corrected chi connectivity index (χ4v) is 5.32. The van der Waals surface area contributed by atoms with Gasteiger partial charge in [0, 0.05) is 46.1 Å². The largest absolute Gasteiger partial charge is 0.343 e. The summed E-state index contributed by atoms with van der Waals surface area (Å²) >= 11 is 0. The van der Waals surface area contributed by atoms with Crippen LogP contribution in [0.15, 0.2) is 23.1 Å². The minimum atomic E-state index is -3.48. The lowest BCUT2D eigenvalue weighted by molar-refractivity contribution is -0.131. The van der Waals surface area contributed by atoms with E-state index in [0.29, 0.717) is 36.3 Å². The number of aromatic nitrogens is 2. The molecular weight excluding hydrogens is 388 g/mol. The Morgan fingerprint density at radius 3 is 2.59 bits per heavy atom. The first kappa shape index (κ1) is 21.8. The van der Waals surface area contributed by atoms with Crippen molar-refractivity contribution < 1.29 is 13.2 Å². The Morgan fingerprint density at radius 2 is 1.93 bits per heavy atom. The van der Waals surface area contributed by atoms with Crippen LogP contribution in [0.25, 0.3) is 11.0 Å². The molecule has 1 aromatic carbocycles. The summed E-state index contributed by atoms with van der Waals surface area (Å²) in [4.78, 5) is 19.1. The van der Waals surface area contributed by atoms with Gasteiger partial charge in [0.1, 0.15) is 5.82 Å². The molecule has 1 saturated heterocycles. The number of sulfonamides is 1. The molecule has 1 amide bonds. The molecule has 29 heavy (non-hydrogen) atoms. The van der Waals surface area contributed by atoms with Crippen molar-refractivity contribution in [3.63, 3.8) is 0 Å². The first-order valence-corrected chi connectivity index (χ1v) is 11.9. The molecule has 2 aromatic rings. The molecule has 0 radical (unpaired) electrons. The van der Waals surface area contributed by atoms with E-state index >= 15 is 0 Å². The van der Waals surface area contributed by atoms with Crippen LogP contribution in [0.4, 0.5) is 0 Å². The third-order valence-electron chi connectivity index (χ3n) is 6.11. The highest BCUT2D eigenvalue weighted by Gasteiger charge is 2.26. The third-order valence-corrected chi connectivity index (χ3v) is 8.00. The highest BCUT2D eigenvalue weighted by molar-refractivity contribution is 7.89. The average Bonchev–Trinajstić information content (AvgIpc) is 3.06. The average molecular weight is 421 g/mol. The molecule has 1 aliphatic rings. The van der Waals surface area contributed by atoms with Gasteiger partial charge in [-0.3, -0.25) is 4.79 Å². The van der Waals surface area contributed by atoms with Crippen molar-refractivity contribution in [3.8, 4) is 0 Å². The van der Waals surface area contributed by atoms with Gasteiger partial charge in [0.25, 0.3) is 0 Å². The molecule has 160 valence electrons. The quantitative estimate of drug-likeness (QED) is 0.690. The van der Waals surface area contributed by atoms with Crippen LogP contribution in [0.2, 0.25) is 0 Å². The lowest BCUT2D eigenvalue weighted by Gasteiger charge is -2.25. The van der Waals surface area contributed by atoms with Crippen molar-refractivity contribution in [2.75, 3.05) is 20.1 Å². The van der Waals surface area contributed by atoms with Crippen molar-refractivity contribution >= 4 is 27.0 Å². The Labute approximate surface area is 173 Å². The molecule has 1 aromatic heterocycles. The van der Waals surface area contributed by atoms with Crippen LogP contribution in [-0.4, -0.2) is 59.3 Å². The summed E-state index contributed by atoms with van der Waals surface area (Å²) in [5.41, 5.74) is 1.53. The fourth-order valence-electron chi connectivity index (χ4n) is 3.78. The Morgan fingerprint density at radius 1 is 1.24 bits per heavy atom. The molecule has 8 heteroatoms. The second-order valence-corrected chi connectivity index (χ2v) is 9.90. The van der Waals surface area contributed by atoms with Crippen LogP contribution in [0.5, 0.6) is 0 Å². The Bertz CT molecular complexity index is 977. The fraction of sp³-hybridized carbons (Fsp3) is 0.619. The van der Waals surface area contributed by atoms with Crippen LogP contribution in [0, 0.1) is 0 Å². The first-order valence-electron chi connectivity index (χ1n) is 10.5. The van der Waals surface area contributed by atoms with Crippen molar-refractivity contribution in [3.05, 3.63) is 24.0 Å². The number of amides is 1. The third kappa shape index (κ3) is 4.48. The zero-order valence-corrected chi connectivity index (χ0v) is 18.7. The van der Waals surface area contributed by atoms with Crippen molar-refractivity contribution in [1.82, 2.24) is 18.8 Å². The number of rotatable bonds is 7. The molecule has 0 saturated carbocycles. The number of nitrogens with zero attached hydrogens (tertiary/aromatic N) is 4. The highest BCUT2D eigenvalue weighted by Crippen LogP contribution is 2.25. The molecule has 0 aliphatic carbocycles. The summed E-state index contributed by atoms with van der Waals surface area (Å²) in [6.07, 6.45) is 4.74. The summed E-state index contributed by atoms with van der Waals surface area (Å²) < 4.78 is 29.4. The zero-order chi connectivity index (χ0) is 21.2. The monoisotopic (exact) mass is 420 g/mol. The van der Waals surface area contributed by atoms with Gasteiger partial charge >= 0.3 is 0 Å². The number of carbonyl (C=O) groups is 1. The molecule has 1 fully saturated rings. The maximum atomic E-state index is 12.9. The Balaban J connectivity index is 1.80. The van der Waals surface area contributed by atoms with E-state index in [1.807, 2.05) is 31.7 Å². The van der Waals surface area contributed by atoms with E-state index in [0.717, 1.165) is 37.0 Å². The number of fused-ring (bicyclic) bond motifs is 1. The summed E-state index contributed by atoms with van der Waals surface area (Å²) in [6.45, 7) is 5.27. The second kappa shape index (κ2) is 8.83. The summed E-state index contributed by atoms with van der Waals surface area (Å²) in [5, 5.41) is 0. The molecule has 0 bridgehead atoms. The van der Waals surface area contributed by atoms with E-state index in [1.165, 1.54) is 0 Å². The standard InChI is InChI=1S/C21H32N4O3S/c1-5-16(2)23(3)21(26)12-11-20-22-18-15-17(9-10-19(18)24(20)4)29(27,28)25-13-7-6-8-14-25/h9-10,15-16H,5-8,11-14H2,1-4H3.